The van der Waals surface area contributed by atoms with E-state index in [1.54, 1.807) is 0 Å². The molecule has 0 atom stereocenters. The van der Waals surface area contributed by atoms with Gasteiger partial charge in [-0.2, -0.15) is 5.26 Å². The summed E-state index contributed by atoms with van der Waals surface area (Å²) >= 11 is 0. The van der Waals surface area contributed by atoms with Gasteiger partial charge in [0.05, 0.1) is 6.04 Å². The highest BCUT2D eigenvalue weighted by molar-refractivity contribution is 5.97. The zero-order valence-corrected chi connectivity index (χ0v) is 15.1. The number of nitrogens with one attached hydrogen (secondary N) is 3. The van der Waals surface area contributed by atoms with Crippen molar-refractivity contribution in [2.75, 3.05) is 13.1 Å². The third-order valence-corrected chi connectivity index (χ3v) is 3.80. The number of amides is 2. The monoisotopic (exact) mass is 362 g/mol. The van der Waals surface area contributed by atoms with Gasteiger partial charge in [-0.15, -0.1) is 0 Å². The van der Waals surface area contributed by atoms with Crippen LogP contribution in [-0.4, -0.2) is 24.9 Å². The van der Waals surface area contributed by atoms with Gasteiger partial charge in [-0.1, -0.05) is 60.7 Å². The van der Waals surface area contributed by atoms with Crippen molar-refractivity contribution in [3.05, 3.63) is 83.6 Å². The highest BCUT2D eigenvalue weighted by Gasteiger charge is 2.18. The molecule has 2 rings (SSSR count). The number of hydrogen-bond donors (Lipinski definition) is 3. The summed E-state index contributed by atoms with van der Waals surface area (Å²) in [5.41, 5.74) is 1.82. The molecule has 0 saturated heterocycles. The number of benzene rings is 2. The Bertz CT molecular complexity index is 787. The molecule has 0 bridgehead atoms. The Labute approximate surface area is 158 Å². The summed E-state index contributed by atoms with van der Waals surface area (Å²) < 4.78 is 0. The van der Waals surface area contributed by atoms with Crippen molar-refractivity contribution in [3.63, 3.8) is 0 Å². The van der Waals surface area contributed by atoms with Gasteiger partial charge in [0.25, 0.3) is 5.91 Å². The summed E-state index contributed by atoms with van der Waals surface area (Å²) in [7, 11) is 0. The van der Waals surface area contributed by atoms with Gasteiger partial charge in [-0.3, -0.25) is 9.59 Å². The molecule has 3 N–H and O–H groups in total. The quantitative estimate of drug-likeness (QED) is 0.380. The van der Waals surface area contributed by atoms with Crippen LogP contribution in [0.25, 0.3) is 0 Å². The zero-order valence-electron chi connectivity index (χ0n) is 15.1. The van der Waals surface area contributed by atoms with Gasteiger partial charge in [0.2, 0.25) is 5.91 Å². The van der Waals surface area contributed by atoms with E-state index in [0.29, 0.717) is 13.1 Å². The van der Waals surface area contributed by atoms with Crippen LogP contribution in [0.3, 0.4) is 0 Å². The van der Waals surface area contributed by atoms with E-state index < -0.39 is 5.91 Å². The molecule has 6 nitrogen and oxygen atoms in total. The first-order chi connectivity index (χ1) is 13.1. The first-order valence-corrected chi connectivity index (χ1v) is 8.60. The smallest absolute Gasteiger partial charge is 0.264 e. The third kappa shape index (κ3) is 6.33. The lowest BCUT2D eigenvalue weighted by molar-refractivity contribution is -0.119. The molecule has 138 valence electrons. The predicted molar refractivity (Wildman–Crippen MR) is 103 cm³/mol. The van der Waals surface area contributed by atoms with Crippen molar-refractivity contribution in [2.45, 2.75) is 13.0 Å². The molecule has 0 aliphatic rings. The van der Waals surface area contributed by atoms with Gasteiger partial charge >= 0.3 is 0 Å². The van der Waals surface area contributed by atoms with Crippen LogP contribution in [0.15, 0.2) is 72.4 Å². The summed E-state index contributed by atoms with van der Waals surface area (Å²) in [6.45, 7) is 2.25. The SMILES string of the molecule is CC(=O)NCCN/C=C(/C#N)C(=O)NC(c1ccccc1)c1ccccc1. The van der Waals surface area contributed by atoms with Crippen molar-refractivity contribution < 1.29 is 9.59 Å². The fourth-order valence-corrected chi connectivity index (χ4v) is 2.49. The summed E-state index contributed by atoms with van der Waals surface area (Å²) in [5, 5.41) is 17.7. The Morgan fingerprint density at radius 1 is 1.00 bits per heavy atom. The third-order valence-electron chi connectivity index (χ3n) is 3.80. The average Bonchev–Trinajstić information content (AvgIpc) is 2.70. The van der Waals surface area contributed by atoms with Crippen LogP contribution in [0.4, 0.5) is 0 Å². The molecule has 0 aliphatic heterocycles. The highest BCUT2D eigenvalue weighted by Crippen LogP contribution is 2.22. The van der Waals surface area contributed by atoms with Crippen LogP contribution in [-0.2, 0) is 9.59 Å². The molecular weight excluding hydrogens is 340 g/mol. The van der Waals surface area contributed by atoms with Crippen molar-refractivity contribution in [3.8, 4) is 6.07 Å². The first-order valence-electron chi connectivity index (χ1n) is 8.60. The lowest BCUT2D eigenvalue weighted by Gasteiger charge is -2.19. The maximum absolute atomic E-state index is 12.6. The topological polar surface area (TPSA) is 94.0 Å². The molecule has 0 unspecified atom stereocenters. The summed E-state index contributed by atoms with van der Waals surface area (Å²) in [5.74, 6) is -0.602. The summed E-state index contributed by atoms with van der Waals surface area (Å²) in [4.78, 5) is 23.4. The van der Waals surface area contributed by atoms with Gasteiger partial charge in [0.15, 0.2) is 0 Å². The van der Waals surface area contributed by atoms with E-state index >= 15 is 0 Å². The molecule has 0 aromatic heterocycles. The van der Waals surface area contributed by atoms with Crippen molar-refractivity contribution >= 4 is 11.8 Å². The van der Waals surface area contributed by atoms with Crippen LogP contribution in [0.1, 0.15) is 24.1 Å². The molecule has 0 fully saturated rings. The van der Waals surface area contributed by atoms with E-state index in [1.807, 2.05) is 66.7 Å². The van der Waals surface area contributed by atoms with E-state index in [0.717, 1.165) is 11.1 Å². The van der Waals surface area contributed by atoms with E-state index in [9.17, 15) is 14.9 Å². The minimum absolute atomic E-state index is 0.0327. The number of nitriles is 1. The van der Waals surface area contributed by atoms with Gasteiger partial charge in [0.1, 0.15) is 11.6 Å². The maximum Gasteiger partial charge on any atom is 0.264 e. The highest BCUT2D eigenvalue weighted by atomic mass is 16.2. The van der Waals surface area contributed by atoms with E-state index in [4.69, 9.17) is 0 Å². The Morgan fingerprint density at radius 3 is 2.04 bits per heavy atom. The zero-order chi connectivity index (χ0) is 19.5. The van der Waals surface area contributed by atoms with Crippen LogP contribution < -0.4 is 16.0 Å². The number of nitrogens with zero attached hydrogens (tertiary/aromatic N) is 1. The fourth-order valence-electron chi connectivity index (χ4n) is 2.49. The molecule has 0 heterocycles. The predicted octanol–water partition coefficient (Wildman–Crippen LogP) is 2.03. The van der Waals surface area contributed by atoms with Gasteiger partial charge < -0.3 is 16.0 Å². The molecule has 0 aliphatic carbocycles. The minimum atomic E-state index is -0.470. The minimum Gasteiger partial charge on any atom is -0.388 e. The van der Waals surface area contributed by atoms with Gasteiger partial charge in [0, 0.05) is 26.2 Å². The number of rotatable bonds is 8. The Hall–Kier alpha value is -3.59. The van der Waals surface area contributed by atoms with Crippen molar-refractivity contribution in [1.82, 2.24) is 16.0 Å². The van der Waals surface area contributed by atoms with Crippen LogP contribution in [0, 0.1) is 11.3 Å². The van der Waals surface area contributed by atoms with Gasteiger partial charge in [-0.05, 0) is 11.1 Å². The summed E-state index contributed by atoms with van der Waals surface area (Å²) in [6, 6.07) is 20.7. The molecule has 27 heavy (non-hydrogen) atoms. The van der Waals surface area contributed by atoms with Crippen molar-refractivity contribution in [2.24, 2.45) is 0 Å². The number of carbonyl (C=O) groups excluding carboxylic acids is 2. The van der Waals surface area contributed by atoms with Crippen LogP contribution in [0.5, 0.6) is 0 Å². The largest absolute Gasteiger partial charge is 0.388 e. The fraction of sp³-hybridized carbons (Fsp3) is 0.190. The van der Waals surface area contributed by atoms with E-state index in [2.05, 4.69) is 16.0 Å². The average molecular weight is 362 g/mol. The molecule has 2 aromatic carbocycles. The molecular formula is C21H22N4O2. The number of hydrogen-bond acceptors (Lipinski definition) is 4. The number of carbonyl (C=O) groups is 2. The summed E-state index contributed by atoms with van der Waals surface area (Å²) in [6.07, 6.45) is 1.37. The Balaban J connectivity index is 2.10. The van der Waals surface area contributed by atoms with E-state index in [1.165, 1.54) is 13.1 Å². The Kier molecular flexibility index (Phi) is 7.61. The van der Waals surface area contributed by atoms with Gasteiger partial charge in [-0.25, -0.2) is 0 Å². The second-order valence-electron chi connectivity index (χ2n) is 5.83. The second-order valence-corrected chi connectivity index (χ2v) is 5.83. The normalized spacial score (nSPS) is 10.8. The molecule has 2 amide bonds. The lowest BCUT2D eigenvalue weighted by atomic mass is 9.98. The lowest BCUT2D eigenvalue weighted by Crippen LogP contribution is -2.32. The Morgan fingerprint density at radius 2 is 1.56 bits per heavy atom. The standard InChI is InChI=1S/C21H22N4O2/c1-16(26)24-13-12-23-15-19(14-22)21(27)25-20(17-8-4-2-5-9-17)18-10-6-3-7-11-18/h2-11,15,20,23H,12-13H2,1H3,(H,24,26)(H,25,27)/b19-15-. The molecule has 2 aromatic rings. The molecule has 0 spiro atoms. The van der Waals surface area contributed by atoms with Crippen LogP contribution >= 0.6 is 0 Å². The van der Waals surface area contributed by atoms with E-state index in [-0.39, 0.29) is 17.5 Å². The molecule has 0 radical (unpaired) electrons. The second kappa shape index (κ2) is 10.4. The van der Waals surface area contributed by atoms with Crippen molar-refractivity contribution in [1.29, 1.82) is 5.26 Å². The molecule has 0 saturated carbocycles. The first kappa shape index (κ1) is 19.7. The van der Waals surface area contributed by atoms with Crippen LogP contribution in [0.2, 0.25) is 0 Å². The maximum atomic E-state index is 12.6. The molecule has 6 heteroatoms.